The monoisotopic (exact) mass is 182 g/mol. The van der Waals surface area contributed by atoms with Gasteiger partial charge in [-0.05, 0) is 0 Å². The molecule has 0 aliphatic rings. The first-order chi connectivity index (χ1) is 4.30. The van der Waals surface area contributed by atoms with Crippen molar-refractivity contribution < 1.29 is 4.79 Å². The molecule has 45 valence electrons. The topological polar surface area (TPSA) is 30.0 Å². The van der Waals surface area contributed by atoms with Gasteiger partial charge in [0.25, 0.3) is 0 Å². The van der Waals surface area contributed by atoms with Crippen LogP contribution < -0.4 is 0 Å². The summed E-state index contributed by atoms with van der Waals surface area (Å²) in [6.45, 7) is 0. The van der Waals surface area contributed by atoms with Gasteiger partial charge in [-0.2, -0.15) is 0 Å². The van der Waals surface area contributed by atoms with Gasteiger partial charge >= 0.3 is 61.3 Å². The van der Waals surface area contributed by atoms with E-state index in [9.17, 15) is 4.79 Å². The van der Waals surface area contributed by atoms with Gasteiger partial charge in [-0.3, -0.25) is 0 Å². The standard InChI is InChI=1S/C6H5AsNO/c7-6(9)5-3-1-2-4-8-5/h1-4,7H. The Morgan fingerprint density at radius 2 is 2.33 bits per heavy atom. The van der Waals surface area contributed by atoms with Crippen molar-refractivity contribution in [2.24, 2.45) is 0 Å². The molecule has 0 spiro atoms. The first kappa shape index (κ1) is 6.50. The number of carbonyl (C=O) groups excluding carboxylic acids is 1. The Kier molecular flexibility index (Phi) is 2.01. The van der Waals surface area contributed by atoms with Crippen molar-refractivity contribution in [1.29, 1.82) is 0 Å². The average molecular weight is 182 g/mol. The summed E-state index contributed by atoms with van der Waals surface area (Å²) >= 11 is 1.50. The van der Waals surface area contributed by atoms with Crippen molar-refractivity contribution in [2.75, 3.05) is 0 Å². The van der Waals surface area contributed by atoms with Gasteiger partial charge in [-0.15, -0.1) is 0 Å². The fraction of sp³-hybridized carbons (Fsp3) is 0. The van der Waals surface area contributed by atoms with Crippen molar-refractivity contribution in [3.8, 4) is 0 Å². The molecule has 1 aromatic heterocycles. The summed E-state index contributed by atoms with van der Waals surface area (Å²) in [6, 6.07) is 5.28. The normalized spacial score (nSPS) is 9.00. The molecule has 0 saturated carbocycles. The first-order valence-electron chi connectivity index (χ1n) is 2.47. The summed E-state index contributed by atoms with van der Waals surface area (Å²) in [5.74, 6) is 0. The summed E-state index contributed by atoms with van der Waals surface area (Å²) in [5, 5.41) is 0. The van der Waals surface area contributed by atoms with Crippen LogP contribution in [0.15, 0.2) is 24.4 Å². The Hall–Kier alpha value is -0.622. The number of pyridine rings is 1. The molecule has 1 radical (unpaired) electrons. The average Bonchev–Trinajstić information content (AvgIpc) is 1.90. The molecule has 1 aromatic rings. The Morgan fingerprint density at radius 1 is 1.56 bits per heavy atom. The molecule has 0 saturated heterocycles. The van der Waals surface area contributed by atoms with Gasteiger partial charge in [0, 0.05) is 0 Å². The van der Waals surface area contributed by atoms with Crippen LogP contribution in [0, 0.1) is 0 Å². The quantitative estimate of drug-likeness (QED) is 0.577. The summed E-state index contributed by atoms with van der Waals surface area (Å²) in [6.07, 6.45) is 1.61. The van der Waals surface area contributed by atoms with E-state index in [-0.39, 0.29) is 4.57 Å². The van der Waals surface area contributed by atoms with Gasteiger partial charge < -0.3 is 0 Å². The first-order valence-corrected chi connectivity index (χ1v) is 3.52. The van der Waals surface area contributed by atoms with Crippen LogP contribution >= 0.6 is 0 Å². The predicted octanol–water partition coefficient (Wildman–Crippen LogP) is 0.123. The summed E-state index contributed by atoms with van der Waals surface area (Å²) < 4.78 is 0.00981. The van der Waals surface area contributed by atoms with Gasteiger partial charge in [-0.1, -0.05) is 0 Å². The van der Waals surface area contributed by atoms with Crippen molar-refractivity contribution in [3.63, 3.8) is 0 Å². The van der Waals surface area contributed by atoms with Crippen LogP contribution in [0.2, 0.25) is 0 Å². The molecule has 0 atom stereocenters. The molecular formula is C6H5AsNO. The number of aromatic nitrogens is 1. The second-order valence-electron chi connectivity index (χ2n) is 1.54. The maximum atomic E-state index is 10.6. The number of carbonyl (C=O) groups is 1. The molecule has 0 N–H and O–H groups in total. The van der Waals surface area contributed by atoms with E-state index in [2.05, 4.69) is 4.98 Å². The van der Waals surface area contributed by atoms with Crippen LogP contribution in [0.4, 0.5) is 0 Å². The third kappa shape index (κ3) is 1.65. The molecule has 9 heavy (non-hydrogen) atoms. The molecule has 0 fully saturated rings. The molecule has 2 nitrogen and oxygen atoms in total. The SMILES string of the molecule is O=C([AsH])c1ccccn1. The number of nitrogens with zero attached hydrogens (tertiary/aromatic N) is 1. The van der Waals surface area contributed by atoms with Crippen molar-refractivity contribution in [2.45, 2.75) is 0 Å². The molecule has 1 heterocycles. The van der Waals surface area contributed by atoms with E-state index in [1.165, 1.54) is 16.9 Å². The molecule has 0 aliphatic heterocycles. The van der Waals surface area contributed by atoms with Crippen LogP contribution in [-0.4, -0.2) is 26.4 Å². The third-order valence-electron chi connectivity index (χ3n) is 0.898. The van der Waals surface area contributed by atoms with E-state index in [1.54, 1.807) is 24.4 Å². The maximum absolute atomic E-state index is 10.6. The Balaban J connectivity index is 2.98. The molecule has 0 aromatic carbocycles. The zero-order valence-electron chi connectivity index (χ0n) is 4.66. The number of hydrogen-bond donors (Lipinski definition) is 0. The Labute approximate surface area is 61.8 Å². The van der Waals surface area contributed by atoms with E-state index >= 15 is 0 Å². The van der Waals surface area contributed by atoms with E-state index in [4.69, 9.17) is 0 Å². The van der Waals surface area contributed by atoms with Crippen molar-refractivity contribution in [1.82, 2.24) is 4.98 Å². The number of hydrogen-bond acceptors (Lipinski definition) is 2. The van der Waals surface area contributed by atoms with E-state index in [1.807, 2.05) is 0 Å². The van der Waals surface area contributed by atoms with Gasteiger partial charge in [0.1, 0.15) is 0 Å². The predicted molar refractivity (Wildman–Crippen MR) is 35.7 cm³/mol. The van der Waals surface area contributed by atoms with Crippen LogP contribution in [0.5, 0.6) is 0 Å². The Morgan fingerprint density at radius 3 is 2.67 bits per heavy atom. The Bertz CT molecular complexity index is 210. The van der Waals surface area contributed by atoms with E-state index in [0.29, 0.717) is 5.69 Å². The van der Waals surface area contributed by atoms with Crippen LogP contribution in [0.1, 0.15) is 10.5 Å². The van der Waals surface area contributed by atoms with Crippen molar-refractivity contribution in [3.05, 3.63) is 30.1 Å². The second kappa shape index (κ2) is 2.79. The zero-order valence-corrected chi connectivity index (χ0v) is 6.76. The third-order valence-corrected chi connectivity index (χ3v) is 1.43. The van der Waals surface area contributed by atoms with Crippen LogP contribution in [0.3, 0.4) is 0 Å². The van der Waals surface area contributed by atoms with E-state index in [0.717, 1.165) is 0 Å². The summed E-state index contributed by atoms with van der Waals surface area (Å²) in [7, 11) is 0. The molecule has 3 heteroatoms. The zero-order chi connectivity index (χ0) is 6.69. The van der Waals surface area contributed by atoms with E-state index < -0.39 is 0 Å². The molecule has 0 unspecified atom stereocenters. The second-order valence-corrected chi connectivity index (χ2v) is 2.50. The summed E-state index contributed by atoms with van der Waals surface area (Å²) in [4.78, 5) is 14.4. The minimum absolute atomic E-state index is 0.00981. The van der Waals surface area contributed by atoms with Crippen LogP contribution in [-0.2, 0) is 0 Å². The van der Waals surface area contributed by atoms with Gasteiger partial charge in [0.05, 0.1) is 0 Å². The fourth-order valence-corrected chi connectivity index (χ4v) is 0.807. The van der Waals surface area contributed by atoms with Gasteiger partial charge in [0.2, 0.25) is 0 Å². The van der Waals surface area contributed by atoms with Crippen LogP contribution in [0.25, 0.3) is 0 Å². The molecule has 0 aliphatic carbocycles. The molecule has 0 amide bonds. The van der Waals surface area contributed by atoms with Gasteiger partial charge in [0.15, 0.2) is 0 Å². The number of rotatable bonds is 1. The van der Waals surface area contributed by atoms with Gasteiger partial charge in [-0.25, -0.2) is 0 Å². The fourth-order valence-electron chi connectivity index (χ4n) is 0.497. The molecule has 1 rings (SSSR count). The molecular weight excluding hydrogens is 177 g/mol. The molecule has 0 bridgehead atoms. The minimum atomic E-state index is 0.00981. The van der Waals surface area contributed by atoms with Crippen molar-refractivity contribution >= 4 is 21.4 Å². The summed E-state index contributed by atoms with van der Waals surface area (Å²) in [5.41, 5.74) is 0.525.